The Kier molecular flexibility index (Phi) is 8.47. The fourth-order valence-corrected chi connectivity index (χ4v) is 1.85. The molecule has 0 aliphatic carbocycles. The average molecular weight is 294 g/mol. The highest BCUT2D eigenvalue weighted by Gasteiger charge is 2.08. The van der Waals surface area contributed by atoms with Crippen LogP contribution >= 0.6 is 0 Å². The summed E-state index contributed by atoms with van der Waals surface area (Å²) in [7, 11) is 0. The molecule has 2 rings (SSSR count). The molecule has 21 heavy (non-hydrogen) atoms. The maximum absolute atomic E-state index is 9.37. The molecule has 5 nitrogen and oxygen atoms in total. The number of rotatable bonds is 5. The van der Waals surface area contributed by atoms with Crippen molar-refractivity contribution in [2.75, 3.05) is 44.7 Å². The summed E-state index contributed by atoms with van der Waals surface area (Å²) in [6.07, 6.45) is 0.222. The van der Waals surface area contributed by atoms with Crippen molar-refractivity contribution in [2.45, 2.75) is 20.3 Å². The van der Waals surface area contributed by atoms with Gasteiger partial charge >= 0.3 is 5.97 Å². The van der Waals surface area contributed by atoms with Crippen LogP contribution in [0.5, 0.6) is 0 Å². The topological polar surface area (TPSA) is 61.8 Å². The summed E-state index contributed by atoms with van der Waals surface area (Å²) >= 11 is 0. The molecule has 1 aliphatic rings. The first kappa shape index (κ1) is 17.5. The molecule has 118 valence electrons. The van der Waals surface area contributed by atoms with E-state index in [4.69, 9.17) is 9.84 Å². The van der Waals surface area contributed by atoms with Crippen LogP contribution in [0.3, 0.4) is 0 Å². The van der Waals surface area contributed by atoms with E-state index in [1.54, 1.807) is 6.92 Å². The molecule has 1 aromatic carbocycles. The summed E-state index contributed by atoms with van der Waals surface area (Å²) < 4.78 is 5.32. The van der Waals surface area contributed by atoms with E-state index in [0.717, 1.165) is 39.4 Å². The van der Waals surface area contributed by atoms with E-state index in [2.05, 4.69) is 41.4 Å². The van der Waals surface area contributed by atoms with Crippen molar-refractivity contribution in [1.29, 1.82) is 0 Å². The van der Waals surface area contributed by atoms with E-state index in [1.807, 2.05) is 0 Å². The Hall–Kier alpha value is -1.59. The monoisotopic (exact) mass is 294 g/mol. The molecular formula is C16H26N2O3. The minimum absolute atomic E-state index is 0.222. The third kappa shape index (κ3) is 8.32. The number of ether oxygens (including phenoxy) is 1. The summed E-state index contributed by atoms with van der Waals surface area (Å²) in [5, 5.41) is 11.2. The first-order valence-corrected chi connectivity index (χ1v) is 7.44. The molecule has 1 aromatic rings. The Morgan fingerprint density at radius 3 is 2.38 bits per heavy atom. The van der Waals surface area contributed by atoms with Crippen LogP contribution in [0.1, 0.15) is 18.9 Å². The lowest BCUT2D eigenvalue weighted by molar-refractivity contribution is -0.136. The van der Waals surface area contributed by atoms with Crippen LogP contribution in [-0.4, -0.2) is 55.4 Å². The van der Waals surface area contributed by atoms with Gasteiger partial charge in [0, 0.05) is 38.3 Å². The highest BCUT2D eigenvalue weighted by atomic mass is 16.5. The van der Waals surface area contributed by atoms with Crippen LogP contribution in [0.4, 0.5) is 5.69 Å². The van der Waals surface area contributed by atoms with E-state index in [-0.39, 0.29) is 6.42 Å². The normalized spacial score (nSPS) is 15.0. The Morgan fingerprint density at radius 1 is 1.29 bits per heavy atom. The number of anilines is 1. The predicted octanol–water partition coefficient (Wildman–Crippen LogP) is 2.22. The fourth-order valence-electron chi connectivity index (χ4n) is 1.85. The Labute approximate surface area is 126 Å². The third-order valence-corrected chi connectivity index (χ3v) is 3.21. The van der Waals surface area contributed by atoms with Gasteiger partial charge in [0.05, 0.1) is 13.2 Å². The molecule has 0 amide bonds. The van der Waals surface area contributed by atoms with Crippen LogP contribution < -0.4 is 5.32 Å². The zero-order valence-corrected chi connectivity index (χ0v) is 13.0. The number of hydrogen-bond donors (Lipinski definition) is 2. The number of carboxylic acid groups (broad SMARTS) is 1. The van der Waals surface area contributed by atoms with Gasteiger partial charge in [-0.3, -0.25) is 9.69 Å². The zero-order valence-electron chi connectivity index (χ0n) is 13.0. The molecule has 5 heteroatoms. The maximum atomic E-state index is 9.37. The second-order valence-electron chi connectivity index (χ2n) is 4.99. The molecule has 1 aliphatic heterocycles. The van der Waals surface area contributed by atoms with Crippen LogP contribution in [0.15, 0.2) is 24.3 Å². The van der Waals surface area contributed by atoms with Gasteiger partial charge in [0.1, 0.15) is 0 Å². The molecule has 0 spiro atoms. The molecule has 1 heterocycles. The Bertz CT molecular complexity index is 400. The van der Waals surface area contributed by atoms with Gasteiger partial charge in [-0.05, 0) is 19.1 Å². The fraction of sp³-hybridized carbons (Fsp3) is 0.562. The van der Waals surface area contributed by atoms with Crippen LogP contribution in [0.25, 0.3) is 0 Å². The first-order chi connectivity index (χ1) is 10.1. The van der Waals surface area contributed by atoms with E-state index < -0.39 is 5.97 Å². The molecule has 0 bridgehead atoms. The summed E-state index contributed by atoms with van der Waals surface area (Å²) in [5.74, 6) is -0.745. The van der Waals surface area contributed by atoms with Crippen molar-refractivity contribution in [3.05, 3.63) is 29.8 Å². The Morgan fingerprint density at radius 2 is 1.86 bits per heavy atom. The molecule has 0 aromatic heterocycles. The van der Waals surface area contributed by atoms with Gasteiger partial charge < -0.3 is 15.2 Å². The van der Waals surface area contributed by atoms with Crippen LogP contribution in [0, 0.1) is 6.92 Å². The summed E-state index contributed by atoms with van der Waals surface area (Å²) in [6, 6.07) is 8.54. The van der Waals surface area contributed by atoms with Crippen molar-refractivity contribution in [3.8, 4) is 0 Å². The van der Waals surface area contributed by atoms with Gasteiger partial charge in [0.15, 0.2) is 0 Å². The lowest BCUT2D eigenvalue weighted by Gasteiger charge is -2.26. The minimum Gasteiger partial charge on any atom is -0.481 e. The number of benzene rings is 1. The molecule has 0 saturated carbocycles. The first-order valence-electron chi connectivity index (χ1n) is 7.44. The van der Waals surface area contributed by atoms with Gasteiger partial charge in [-0.1, -0.05) is 24.6 Å². The molecular weight excluding hydrogens is 268 g/mol. The average Bonchev–Trinajstić information content (AvgIpc) is 2.51. The number of nitrogens with zero attached hydrogens (tertiary/aromatic N) is 1. The molecule has 0 unspecified atom stereocenters. The van der Waals surface area contributed by atoms with Crippen molar-refractivity contribution in [1.82, 2.24) is 4.90 Å². The number of aryl methyl sites for hydroxylation is 1. The van der Waals surface area contributed by atoms with E-state index in [9.17, 15) is 4.79 Å². The van der Waals surface area contributed by atoms with Crippen molar-refractivity contribution < 1.29 is 14.6 Å². The number of hydrogen-bond acceptors (Lipinski definition) is 4. The quantitative estimate of drug-likeness (QED) is 0.872. The number of carbonyl (C=O) groups is 1. The standard InChI is InChI=1S/C13H20N2O.C3H6O2/c1-12-2-4-13(5-3-12)14-6-7-15-8-10-16-11-9-15;1-2-3(4)5/h2-5,14H,6-11H2,1H3;2H2,1H3,(H,4,5). The molecule has 1 fully saturated rings. The smallest absolute Gasteiger partial charge is 0.303 e. The van der Waals surface area contributed by atoms with Gasteiger partial charge in [0.25, 0.3) is 0 Å². The highest BCUT2D eigenvalue weighted by Crippen LogP contribution is 2.08. The SMILES string of the molecule is CCC(=O)O.Cc1ccc(NCCN2CCOCC2)cc1. The molecule has 0 atom stereocenters. The highest BCUT2D eigenvalue weighted by molar-refractivity contribution is 5.66. The molecule has 0 radical (unpaired) electrons. The van der Waals surface area contributed by atoms with Gasteiger partial charge in [-0.15, -0.1) is 0 Å². The number of carboxylic acids is 1. The summed E-state index contributed by atoms with van der Waals surface area (Å²) in [5.41, 5.74) is 2.51. The van der Waals surface area contributed by atoms with Crippen molar-refractivity contribution in [2.24, 2.45) is 0 Å². The van der Waals surface area contributed by atoms with Gasteiger partial charge in [0.2, 0.25) is 0 Å². The second kappa shape index (κ2) is 10.2. The van der Waals surface area contributed by atoms with E-state index in [1.165, 1.54) is 11.3 Å². The third-order valence-electron chi connectivity index (χ3n) is 3.21. The Balaban J connectivity index is 0.000000383. The lowest BCUT2D eigenvalue weighted by atomic mass is 10.2. The number of aliphatic carboxylic acids is 1. The second-order valence-corrected chi connectivity index (χ2v) is 4.99. The number of morpholine rings is 1. The van der Waals surface area contributed by atoms with Crippen molar-refractivity contribution in [3.63, 3.8) is 0 Å². The van der Waals surface area contributed by atoms with Gasteiger partial charge in [-0.25, -0.2) is 0 Å². The van der Waals surface area contributed by atoms with E-state index >= 15 is 0 Å². The van der Waals surface area contributed by atoms with Crippen LogP contribution in [-0.2, 0) is 9.53 Å². The van der Waals surface area contributed by atoms with Crippen molar-refractivity contribution >= 4 is 11.7 Å². The van der Waals surface area contributed by atoms with E-state index in [0.29, 0.717) is 0 Å². The van der Waals surface area contributed by atoms with Gasteiger partial charge in [-0.2, -0.15) is 0 Å². The maximum Gasteiger partial charge on any atom is 0.303 e. The zero-order chi connectivity index (χ0) is 15.5. The summed E-state index contributed by atoms with van der Waals surface area (Å²) in [6.45, 7) is 9.69. The predicted molar refractivity (Wildman–Crippen MR) is 84.9 cm³/mol. The summed E-state index contributed by atoms with van der Waals surface area (Å²) in [4.78, 5) is 11.8. The lowest BCUT2D eigenvalue weighted by Crippen LogP contribution is -2.38. The minimum atomic E-state index is -0.745. The van der Waals surface area contributed by atoms with Crippen LogP contribution in [0.2, 0.25) is 0 Å². The molecule has 1 saturated heterocycles. The number of nitrogens with one attached hydrogen (secondary N) is 1. The molecule has 2 N–H and O–H groups in total. The largest absolute Gasteiger partial charge is 0.481 e.